The number of piperidine rings is 1. The van der Waals surface area contributed by atoms with Crippen molar-refractivity contribution >= 4 is 32.4 Å². The Morgan fingerprint density at radius 1 is 1.00 bits per heavy atom. The van der Waals surface area contributed by atoms with Gasteiger partial charge in [0, 0.05) is 13.1 Å². The summed E-state index contributed by atoms with van der Waals surface area (Å²) in [5, 5.41) is 11.1. The molecule has 0 radical (unpaired) electrons. The van der Waals surface area contributed by atoms with E-state index in [-0.39, 0.29) is 15.7 Å². The molecule has 1 aromatic rings. The van der Waals surface area contributed by atoms with Gasteiger partial charge in [-0.05, 0) is 69.1 Å². The number of rotatable bonds is 4. The highest BCUT2D eigenvalue weighted by atomic mass is 32.2. The third-order valence-electron chi connectivity index (χ3n) is 7.02. The van der Waals surface area contributed by atoms with Gasteiger partial charge in [-0.1, -0.05) is 17.8 Å². The number of carbonyl (C=O) groups excluding carboxylic acids is 1. The van der Waals surface area contributed by atoms with Crippen LogP contribution in [-0.2, 0) is 14.8 Å². The fraction of sp³-hybridized carbons (Fsp3) is 0.833. The van der Waals surface area contributed by atoms with Crippen molar-refractivity contribution < 1.29 is 13.2 Å². The monoisotopic (exact) mass is 410 g/mol. The van der Waals surface area contributed by atoms with Gasteiger partial charge in [-0.2, -0.15) is 4.31 Å². The van der Waals surface area contributed by atoms with Crippen LogP contribution in [0.4, 0.5) is 5.13 Å². The molecule has 0 unspecified atom stereocenters. The molecule has 1 aromatic heterocycles. The van der Waals surface area contributed by atoms with E-state index in [0.717, 1.165) is 49.9 Å². The van der Waals surface area contributed by atoms with Crippen LogP contribution in [0.2, 0.25) is 0 Å². The molecule has 5 aliphatic rings. The summed E-state index contributed by atoms with van der Waals surface area (Å²) in [5.41, 5.74) is -0.271. The van der Waals surface area contributed by atoms with Crippen LogP contribution in [0.15, 0.2) is 4.34 Å². The molecule has 0 aromatic carbocycles. The summed E-state index contributed by atoms with van der Waals surface area (Å²) < 4.78 is 26.9. The van der Waals surface area contributed by atoms with Gasteiger partial charge < -0.3 is 5.32 Å². The second kappa shape index (κ2) is 6.49. The number of nitrogens with zero attached hydrogens (tertiary/aromatic N) is 3. The molecule has 0 spiro atoms. The molecule has 1 saturated heterocycles. The number of hydrogen-bond donors (Lipinski definition) is 1. The van der Waals surface area contributed by atoms with Gasteiger partial charge in [-0.15, -0.1) is 10.2 Å². The summed E-state index contributed by atoms with van der Waals surface area (Å²) >= 11 is 0.982. The van der Waals surface area contributed by atoms with Crippen molar-refractivity contribution in [3.05, 3.63) is 0 Å². The lowest BCUT2D eigenvalue weighted by Gasteiger charge is -2.55. The zero-order valence-electron chi connectivity index (χ0n) is 15.4. The standard InChI is InChI=1S/C18H26N4O3S2/c23-15(18-9-12-6-13(10-18)8-14(7-12)11-18)19-16-20-21-17(26-16)27(24,25)22-4-2-1-3-5-22/h12-14H,1-11H2,(H,19,20,23). The Labute approximate surface area is 164 Å². The maximum Gasteiger partial charge on any atom is 0.272 e. The quantitative estimate of drug-likeness (QED) is 0.771. The van der Waals surface area contributed by atoms with Gasteiger partial charge in [0.15, 0.2) is 0 Å². The Morgan fingerprint density at radius 2 is 1.59 bits per heavy atom. The van der Waals surface area contributed by atoms with Crippen LogP contribution >= 0.6 is 11.3 Å². The zero-order chi connectivity index (χ0) is 18.6. The molecule has 5 fully saturated rings. The molecular weight excluding hydrogens is 384 g/mol. The van der Waals surface area contributed by atoms with Gasteiger partial charge in [0.25, 0.3) is 10.0 Å². The number of nitrogens with one attached hydrogen (secondary N) is 1. The summed E-state index contributed by atoms with van der Waals surface area (Å²) in [6, 6.07) is 0. The first-order valence-electron chi connectivity index (χ1n) is 10.1. The molecule has 148 valence electrons. The molecule has 27 heavy (non-hydrogen) atoms. The van der Waals surface area contributed by atoms with Crippen LogP contribution in [0.1, 0.15) is 57.8 Å². The van der Waals surface area contributed by atoms with E-state index in [4.69, 9.17) is 0 Å². The SMILES string of the molecule is O=C(Nc1nnc(S(=O)(=O)N2CCCCC2)s1)C12CC3CC(CC(C3)C1)C2. The summed E-state index contributed by atoms with van der Waals surface area (Å²) in [4.78, 5) is 13.1. The normalized spacial score (nSPS) is 36.1. The number of amides is 1. The average molecular weight is 411 g/mol. The second-order valence-electron chi connectivity index (χ2n) is 8.99. The van der Waals surface area contributed by atoms with Crippen LogP contribution in [0, 0.1) is 23.2 Å². The predicted octanol–water partition coefficient (Wildman–Crippen LogP) is 2.87. The largest absolute Gasteiger partial charge is 0.300 e. The van der Waals surface area contributed by atoms with E-state index < -0.39 is 10.0 Å². The highest BCUT2D eigenvalue weighted by molar-refractivity contribution is 7.91. The van der Waals surface area contributed by atoms with Gasteiger partial charge in [-0.25, -0.2) is 8.42 Å². The molecule has 7 nitrogen and oxygen atoms in total. The minimum atomic E-state index is -3.60. The summed E-state index contributed by atoms with van der Waals surface area (Å²) in [7, 11) is -3.60. The number of anilines is 1. The van der Waals surface area contributed by atoms with Crippen LogP contribution in [0.3, 0.4) is 0 Å². The maximum atomic E-state index is 13.1. The Kier molecular flexibility index (Phi) is 4.32. The number of hydrogen-bond acceptors (Lipinski definition) is 6. The molecule has 4 saturated carbocycles. The number of sulfonamides is 1. The van der Waals surface area contributed by atoms with Gasteiger partial charge in [0.05, 0.1) is 5.41 Å². The fourth-order valence-corrected chi connectivity index (χ4v) is 8.75. The molecule has 1 aliphatic heterocycles. The van der Waals surface area contributed by atoms with Gasteiger partial charge >= 0.3 is 0 Å². The minimum Gasteiger partial charge on any atom is -0.300 e. The summed E-state index contributed by atoms with van der Waals surface area (Å²) in [5.74, 6) is 2.09. The molecule has 1 amide bonds. The van der Waals surface area contributed by atoms with Crippen LogP contribution in [0.25, 0.3) is 0 Å². The third kappa shape index (κ3) is 3.11. The molecule has 6 rings (SSSR count). The van der Waals surface area contributed by atoms with Crippen molar-refractivity contribution in [1.82, 2.24) is 14.5 Å². The van der Waals surface area contributed by atoms with Crippen molar-refractivity contribution in [2.45, 2.75) is 62.1 Å². The summed E-state index contributed by atoms with van der Waals surface area (Å²) in [6.45, 7) is 1.08. The lowest BCUT2D eigenvalue weighted by Crippen LogP contribution is -2.51. The Morgan fingerprint density at radius 3 is 2.19 bits per heavy atom. The molecule has 2 heterocycles. The van der Waals surface area contributed by atoms with Gasteiger partial charge in [-0.3, -0.25) is 4.79 Å². The van der Waals surface area contributed by atoms with E-state index in [1.54, 1.807) is 0 Å². The predicted molar refractivity (Wildman–Crippen MR) is 102 cm³/mol. The van der Waals surface area contributed by atoms with Crippen LogP contribution in [0.5, 0.6) is 0 Å². The Bertz CT molecular complexity index is 809. The highest BCUT2D eigenvalue weighted by Crippen LogP contribution is 2.60. The molecule has 9 heteroatoms. The zero-order valence-corrected chi connectivity index (χ0v) is 17.0. The van der Waals surface area contributed by atoms with E-state index in [1.165, 1.54) is 23.6 Å². The lowest BCUT2D eigenvalue weighted by atomic mass is 9.49. The first-order chi connectivity index (χ1) is 12.9. The highest BCUT2D eigenvalue weighted by Gasteiger charge is 2.54. The van der Waals surface area contributed by atoms with E-state index in [0.29, 0.717) is 36.0 Å². The van der Waals surface area contributed by atoms with Gasteiger partial charge in [0.2, 0.25) is 15.4 Å². The van der Waals surface area contributed by atoms with E-state index >= 15 is 0 Å². The Balaban J connectivity index is 1.31. The Hall–Kier alpha value is -1.06. The van der Waals surface area contributed by atoms with Crippen molar-refractivity contribution in [2.75, 3.05) is 18.4 Å². The topological polar surface area (TPSA) is 92.3 Å². The second-order valence-corrected chi connectivity index (χ2v) is 12.1. The van der Waals surface area contributed by atoms with E-state index in [9.17, 15) is 13.2 Å². The molecular formula is C18H26N4O3S2. The van der Waals surface area contributed by atoms with Crippen molar-refractivity contribution in [1.29, 1.82) is 0 Å². The molecule has 1 N–H and O–H groups in total. The first kappa shape index (κ1) is 18.0. The van der Waals surface area contributed by atoms with Crippen molar-refractivity contribution in [2.24, 2.45) is 23.2 Å². The van der Waals surface area contributed by atoms with E-state index in [2.05, 4.69) is 15.5 Å². The van der Waals surface area contributed by atoms with Crippen LogP contribution in [-0.4, -0.2) is 41.9 Å². The number of aromatic nitrogens is 2. The smallest absolute Gasteiger partial charge is 0.272 e. The van der Waals surface area contributed by atoms with Crippen molar-refractivity contribution in [3.8, 4) is 0 Å². The third-order valence-corrected chi connectivity index (χ3v) is 10.1. The first-order valence-corrected chi connectivity index (χ1v) is 12.4. The average Bonchev–Trinajstić information content (AvgIpc) is 3.11. The van der Waals surface area contributed by atoms with Crippen molar-refractivity contribution in [3.63, 3.8) is 0 Å². The van der Waals surface area contributed by atoms with E-state index in [1.807, 2.05) is 0 Å². The molecule has 0 atom stereocenters. The maximum absolute atomic E-state index is 13.1. The molecule has 4 aliphatic carbocycles. The van der Waals surface area contributed by atoms with Gasteiger partial charge in [0.1, 0.15) is 0 Å². The summed E-state index contributed by atoms with van der Waals surface area (Å²) in [6.07, 6.45) is 9.60. The lowest BCUT2D eigenvalue weighted by molar-refractivity contribution is -0.140. The molecule has 4 bridgehead atoms. The number of carbonyl (C=O) groups is 1. The fourth-order valence-electron chi connectivity index (χ4n) is 6.20. The minimum absolute atomic E-state index is 0.00906. The van der Waals surface area contributed by atoms with Crippen LogP contribution < -0.4 is 5.32 Å².